The normalized spacial score (nSPS) is 24.7. The zero-order valence-corrected chi connectivity index (χ0v) is 15.5. The number of rotatable bonds is 4. The van der Waals surface area contributed by atoms with Gasteiger partial charge in [0.15, 0.2) is 0 Å². The number of likely N-dealkylation sites (tertiary alicyclic amines) is 1. The summed E-state index contributed by atoms with van der Waals surface area (Å²) in [6.45, 7) is 5.33. The van der Waals surface area contributed by atoms with Crippen molar-refractivity contribution in [1.29, 1.82) is 0 Å². The number of carbonyl (C=O) groups is 2. The molecule has 2 amide bonds. The van der Waals surface area contributed by atoms with Crippen LogP contribution >= 0.6 is 0 Å². The average Bonchev–Trinajstić information content (AvgIpc) is 3.42. The molecule has 2 saturated heterocycles. The van der Waals surface area contributed by atoms with Gasteiger partial charge in [-0.15, -0.1) is 0 Å². The van der Waals surface area contributed by atoms with Crippen LogP contribution in [0.4, 0.5) is 0 Å². The third kappa shape index (κ3) is 3.50. The van der Waals surface area contributed by atoms with Crippen LogP contribution in [0.1, 0.15) is 41.6 Å². The van der Waals surface area contributed by atoms with Crippen LogP contribution in [0.5, 0.6) is 0 Å². The minimum absolute atomic E-state index is 0.0355. The molecule has 0 radical (unpaired) electrons. The molecule has 5 heteroatoms. The quantitative estimate of drug-likeness (QED) is 0.901. The molecule has 3 aliphatic rings. The van der Waals surface area contributed by atoms with Gasteiger partial charge in [-0.1, -0.05) is 17.7 Å². The Morgan fingerprint density at radius 2 is 1.88 bits per heavy atom. The molecule has 1 aliphatic carbocycles. The van der Waals surface area contributed by atoms with Crippen LogP contribution in [0.25, 0.3) is 0 Å². The molecule has 26 heavy (non-hydrogen) atoms. The maximum Gasteiger partial charge on any atom is 0.253 e. The zero-order valence-electron chi connectivity index (χ0n) is 15.5. The lowest BCUT2D eigenvalue weighted by Crippen LogP contribution is -2.44. The fourth-order valence-corrected chi connectivity index (χ4v) is 4.34. The van der Waals surface area contributed by atoms with Crippen molar-refractivity contribution in [1.82, 2.24) is 10.2 Å². The van der Waals surface area contributed by atoms with Crippen molar-refractivity contribution in [3.8, 4) is 0 Å². The van der Waals surface area contributed by atoms with Gasteiger partial charge in [0.25, 0.3) is 5.91 Å². The topological polar surface area (TPSA) is 58.6 Å². The van der Waals surface area contributed by atoms with Crippen LogP contribution in [0, 0.1) is 24.2 Å². The van der Waals surface area contributed by atoms with Crippen molar-refractivity contribution in [3.63, 3.8) is 0 Å². The van der Waals surface area contributed by atoms with E-state index >= 15 is 0 Å². The molecule has 1 saturated carbocycles. The number of carbonyl (C=O) groups excluding carboxylic acids is 2. The van der Waals surface area contributed by atoms with E-state index in [0.29, 0.717) is 37.8 Å². The first-order chi connectivity index (χ1) is 12.6. The number of benzene rings is 1. The van der Waals surface area contributed by atoms with Gasteiger partial charge >= 0.3 is 0 Å². The van der Waals surface area contributed by atoms with E-state index in [1.54, 1.807) is 0 Å². The Kier molecular flexibility index (Phi) is 4.74. The zero-order chi connectivity index (χ0) is 18.1. The van der Waals surface area contributed by atoms with Crippen LogP contribution < -0.4 is 5.32 Å². The number of nitrogens with one attached hydrogen (secondary N) is 1. The van der Waals surface area contributed by atoms with Crippen molar-refractivity contribution >= 4 is 11.8 Å². The lowest BCUT2D eigenvalue weighted by atomic mass is 9.71. The van der Waals surface area contributed by atoms with E-state index in [1.807, 2.05) is 36.1 Å². The van der Waals surface area contributed by atoms with E-state index in [2.05, 4.69) is 5.32 Å². The van der Waals surface area contributed by atoms with E-state index in [4.69, 9.17) is 4.74 Å². The molecule has 0 aromatic heterocycles. The second-order valence-corrected chi connectivity index (χ2v) is 8.27. The van der Waals surface area contributed by atoms with Crippen molar-refractivity contribution in [2.24, 2.45) is 17.3 Å². The second-order valence-electron chi connectivity index (χ2n) is 8.27. The molecule has 5 nitrogen and oxygen atoms in total. The third-order valence-corrected chi connectivity index (χ3v) is 6.30. The summed E-state index contributed by atoms with van der Waals surface area (Å²) in [6, 6.07) is 7.70. The number of hydrogen-bond acceptors (Lipinski definition) is 3. The van der Waals surface area contributed by atoms with Crippen LogP contribution in [-0.2, 0) is 9.53 Å². The lowest BCUT2D eigenvalue weighted by Gasteiger charge is -2.37. The first-order valence-electron chi connectivity index (χ1n) is 9.79. The fraction of sp³-hybridized carbons (Fsp3) is 0.619. The first kappa shape index (κ1) is 17.5. The predicted octanol–water partition coefficient (Wildman–Crippen LogP) is 2.39. The van der Waals surface area contributed by atoms with E-state index in [-0.39, 0.29) is 23.1 Å². The Hall–Kier alpha value is -1.88. The Labute approximate surface area is 155 Å². The van der Waals surface area contributed by atoms with Gasteiger partial charge in [-0.05, 0) is 50.7 Å². The van der Waals surface area contributed by atoms with E-state index < -0.39 is 0 Å². The summed E-state index contributed by atoms with van der Waals surface area (Å²) in [6.07, 6.45) is 4.16. The van der Waals surface area contributed by atoms with Gasteiger partial charge < -0.3 is 15.0 Å². The van der Waals surface area contributed by atoms with Gasteiger partial charge in [0, 0.05) is 43.8 Å². The van der Waals surface area contributed by atoms with Gasteiger partial charge in [-0.2, -0.15) is 0 Å². The highest BCUT2D eigenvalue weighted by Gasteiger charge is 2.51. The summed E-state index contributed by atoms with van der Waals surface area (Å²) in [5.74, 6) is 0.696. The molecule has 1 N–H and O–H groups in total. The Bertz CT molecular complexity index is 675. The van der Waals surface area contributed by atoms with Crippen molar-refractivity contribution in [2.75, 3.05) is 32.8 Å². The smallest absolute Gasteiger partial charge is 0.253 e. The van der Waals surface area contributed by atoms with Crippen LogP contribution in [0.15, 0.2) is 24.3 Å². The Morgan fingerprint density at radius 1 is 1.19 bits per heavy atom. The van der Waals surface area contributed by atoms with Gasteiger partial charge in [-0.3, -0.25) is 9.59 Å². The molecule has 2 heterocycles. The SMILES string of the molecule is Cc1ccc(C(=O)N2C[C@H](C(=O)NCC3CC3)C3(CCOCC3)C2)cc1. The monoisotopic (exact) mass is 356 g/mol. The van der Waals surface area contributed by atoms with Crippen LogP contribution in [0.2, 0.25) is 0 Å². The van der Waals surface area contributed by atoms with Crippen molar-refractivity contribution < 1.29 is 14.3 Å². The molecule has 1 aromatic rings. The predicted molar refractivity (Wildman–Crippen MR) is 98.8 cm³/mol. The minimum Gasteiger partial charge on any atom is -0.381 e. The average molecular weight is 356 g/mol. The molecule has 0 unspecified atom stereocenters. The molecule has 140 valence electrons. The standard InChI is InChI=1S/C21H28N2O3/c1-15-2-6-17(7-3-15)20(25)23-13-18(19(24)22-12-16-4-5-16)21(14-23)8-10-26-11-9-21/h2-3,6-7,16,18H,4-5,8-14H2,1H3,(H,22,24)/t18-/m1/s1. The summed E-state index contributed by atoms with van der Waals surface area (Å²) in [7, 11) is 0. The number of aryl methyl sites for hydroxylation is 1. The number of nitrogens with zero attached hydrogens (tertiary/aromatic N) is 1. The van der Waals surface area contributed by atoms with Crippen LogP contribution in [0.3, 0.4) is 0 Å². The maximum absolute atomic E-state index is 13.0. The summed E-state index contributed by atoms with van der Waals surface area (Å²) >= 11 is 0. The van der Waals surface area contributed by atoms with Crippen LogP contribution in [-0.4, -0.2) is 49.6 Å². The van der Waals surface area contributed by atoms with Gasteiger partial charge in [-0.25, -0.2) is 0 Å². The Morgan fingerprint density at radius 3 is 2.54 bits per heavy atom. The van der Waals surface area contributed by atoms with Gasteiger partial charge in [0.2, 0.25) is 5.91 Å². The largest absolute Gasteiger partial charge is 0.381 e. The molecule has 0 bridgehead atoms. The van der Waals surface area contributed by atoms with E-state index in [1.165, 1.54) is 12.8 Å². The molecule has 3 fully saturated rings. The highest BCUT2D eigenvalue weighted by atomic mass is 16.5. The lowest BCUT2D eigenvalue weighted by molar-refractivity contribution is -0.129. The summed E-state index contributed by atoms with van der Waals surface area (Å²) in [4.78, 5) is 27.8. The molecular formula is C21H28N2O3. The van der Waals surface area contributed by atoms with E-state index in [0.717, 1.165) is 24.9 Å². The number of hydrogen-bond donors (Lipinski definition) is 1. The van der Waals surface area contributed by atoms with Crippen molar-refractivity contribution in [2.45, 2.75) is 32.6 Å². The van der Waals surface area contributed by atoms with Gasteiger partial charge in [0.1, 0.15) is 0 Å². The highest BCUT2D eigenvalue weighted by Crippen LogP contribution is 2.45. The molecular weight excluding hydrogens is 328 g/mol. The Balaban J connectivity index is 1.51. The molecule has 2 aliphatic heterocycles. The first-order valence-corrected chi connectivity index (χ1v) is 9.79. The number of ether oxygens (including phenoxy) is 1. The summed E-state index contributed by atoms with van der Waals surface area (Å²) in [5, 5.41) is 3.15. The molecule has 1 atom stereocenters. The maximum atomic E-state index is 13.0. The minimum atomic E-state index is -0.133. The second kappa shape index (κ2) is 7.03. The molecule has 1 spiro atoms. The van der Waals surface area contributed by atoms with E-state index in [9.17, 15) is 9.59 Å². The van der Waals surface area contributed by atoms with Crippen molar-refractivity contribution in [3.05, 3.63) is 35.4 Å². The molecule has 4 rings (SSSR count). The third-order valence-electron chi connectivity index (χ3n) is 6.30. The fourth-order valence-electron chi connectivity index (χ4n) is 4.34. The summed E-state index contributed by atoms with van der Waals surface area (Å²) in [5.41, 5.74) is 1.71. The highest BCUT2D eigenvalue weighted by molar-refractivity contribution is 5.95. The molecule has 1 aromatic carbocycles. The number of amides is 2. The van der Waals surface area contributed by atoms with Gasteiger partial charge in [0.05, 0.1) is 5.92 Å². The summed E-state index contributed by atoms with van der Waals surface area (Å²) < 4.78 is 5.55.